The second-order valence-electron chi connectivity index (χ2n) is 12.2. The van der Waals surface area contributed by atoms with Gasteiger partial charge < -0.3 is 25.4 Å². The van der Waals surface area contributed by atoms with Gasteiger partial charge in [0.2, 0.25) is 17.7 Å². The number of anilines is 1. The lowest BCUT2D eigenvalue weighted by atomic mass is 9.75. The number of benzene rings is 2. The van der Waals surface area contributed by atoms with Gasteiger partial charge in [0.15, 0.2) is 0 Å². The Morgan fingerprint density at radius 3 is 2.65 bits per heavy atom. The second kappa shape index (κ2) is 14.2. The standard InChI is InChI=1S/C34H44N4O5/c1-24-11-12-30(42-2)28(20-24)35-31(39)23-38-17-13-27-26(22-38)10-6-7-14-34(15-18-43-19-16-34)33(41)37-29(32(40)36-27)21-25-8-4-3-5-9-25/h3-9,11-12,20,26-27,29H,10,13-19,21-23H2,1-2H3,(H,35,39)(H,36,40)(H,37,41)/b7-6+/t26-,27+,29-/m0/s1. The number of amides is 3. The summed E-state index contributed by atoms with van der Waals surface area (Å²) in [6, 6.07) is 14.8. The molecule has 0 aromatic heterocycles. The number of nitrogens with zero attached hydrogens (tertiary/aromatic N) is 1. The van der Waals surface area contributed by atoms with Crippen LogP contribution in [0.3, 0.4) is 0 Å². The molecule has 43 heavy (non-hydrogen) atoms. The van der Waals surface area contributed by atoms with Crippen LogP contribution in [0.2, 0.25) is 0 Å². The molecule has 3 amide bonds. The first-order valence-corrected chi connectivity index (χ1v) is 15.4. The fourth-order valence-corrected chi connectivity index (χ4v) is 6.51. The Hall–Kier alpha value is -3.69. The molecule has 0 radical (unpaired) electrons. The third kappa shape index (κ3) is 7.83. The van der Waals surface area contributed by atoms with Crippen LogP contribution >= 0.6 is 0 Å². The maximum absolute atomic E-state index is 13.8. The van der Waals surface area contributed by atoms with E-state index in [0.717, 1.165) is 24.0 Å². The molecule has 1 spiro atoms. The molecule has 0 aliphatic carbocycles. The lowest BCUT2D eigenvalue weighted by molar-refractivity contribution is -0.140. The van der Waals surface area contributed by atoms with Crippen molar-refractivity contribution in [3.63, 3.8) is 0 Å². The van der Waals surface area contributed by atoms with Gasteiger partial charge in [-0.1, -0.05) is 48.6 Å². The average Bonchev–Trinajstić information content (AvgIpc) is 3.00. The summed E-state index contributed by atoms with van der Waals surface area (Å²) in [5.41, 5.74) is 2.11. The molecule has 230 valence electrons. The highest BCUT2D eigenvalue weighted by Crippen LogP contribution is 2.36. The zero-order valence-electron chi connectivity index (χ0n) is 25.3. The number of fused-ring (bicyclic) bond motifs is 1. The predicted octanol–water partition coefficient (Wildman–Crippen LogP) is 3.62. The van der Waals surface area contributed by atoms with E-state index < -0.39 is 11.5 Å². The number of carbonyl (C=O) groups excluding carboxylic acids is 3. The minimum atomic E-state index is -0.674. The SMILES string of the molecule is COc1ccc(C)cc1NC(=O)CN1CC[C@H]2NC(=O)[C@H](Cc3ccccc3)NC(=O)C3(C/C=C/C[C@H]2C1)CCOCC3. The van der Waals surface area contributed by atoms with E-state index >= 15 is 0 Å². The zero-order valence-corrected chi connectivity index (χ0v) is 25.3. The lowest BCUT2D eigenvalue weighted by Gasteiger charge is -2.40. The van der Waals surface area contributed by atoms with Gasteiger partial charge in [-0.15, -0.1) is 0 Å². The maximum atomic E-state index is 13.8. The number of hydrogen-bond acceptors (Lipinski definition) is 6. The summed E-state index contributed by atoms with van der Waals surface area (Å²) in [7, 11) is 1.59. The van der Waals surface area contributed by atoms with Crippen LogP contribution in [0.15, 0.2) is 60.7 Å². The van der Waals surface area contributed by atoms with Crippen LogP contribution in [0, 0.1) is 18.3 Å². The summed E-state index contributed by atoms with van der Waals surface area (Å²) in [6.45, 7) is 4.67. The highest BCUT2D eigenvalue weighted by atomic mass is 16.5. The van der Waals surface area contributed by atoms with Gasteiger partial charge in [0, 0.05) is 38.8 Å². The van der Waals surface area contributed by atoms with Crippen molar-refractivity contribution in [1.82, 2.24) is 15.5 Å². The molecule has 5 rings (SSSR count). The molecule has 2 aromatic rings. The van der Waals surface area contributed by atoms with Gasteiger partial charge in [-0.05, 0) is 68.2 Å². The minimum absolute atomic E-state index is 0.0556. The van der Waals surface area contributed by atoms with Crippen molar-refractivity contribution in [3.8, 4) is 5.75 Å². The lowest BCUT2D eigenvalue weighted by Crippen LogP contribution is -2.58. The van der Waals surface area contributed by atoms with Crippen molar-refractivity contribution in [2.75, 3.05) is 45.3 Å². The van der Waals surface area contributed by atoms with Crippen LogP contribution in [-0.4, -0.2) is 74.7 Å². The summed E-state index contributed by atoms with van der Waals surface area (Å²) >= 11 is 0. The number of allylic oxidation sites excluding steroid dienone is 2. The first-order valence-electron chi connectivity index (χ1n) is 15.4. The first kappa shape index (κ1) is 30.8. The fraction of sp³-hybridized carbons (Fsp3) is 0.500. The Morgan fingerprint density at radius 2 is 1.88 bits per heavy atom. The van der Waals surface area contributed by atoms with Gasteiger partial charge in [0.25, 0.3) is 0 Å². The Balaban J connectivity index is 1.31. The van der Waals surface area contributed by atoms with Crippen LogP contribution in [0.4, 0.5) is 5.69 Å². The average molecular weight is 589 g/mol. The molecular formula is C34H44N4O5. The van der Waals surface area contributed by atoms with Gasteiger partial charge in [-0.3, -0.25) is 19.3 Å². The third-order valence-corrected chi connectivity index (χ3v) is 9.09. The molecule has 2 aromatic carbocycles. The second-order valence-corrected chi connectivity index (χ2v) is 12.2. The molecule has 0 saturated carbocycles. The topological polar surface area (TPSA) is 109 Å². The molecule has 0 bridgehead atoms. The summed E-state index contributed by atoms with van der Waals surface area (Å²) < 4.78 is 11.0. The van der Waals surface area contributed by atoms with Crippen molar-refractivity contribution in [3.05, 3.63) is 71.8 Å². The number of piperidine rings is 1. The van der Waals surface area contributed by atoms with E-state index in [2.05, 4.69) is 33.0 Å². The molecule has 9 heteroatoms. The van der Waals surface area contributed by atoms with Crippen molar-refractivity contribution in [2.24, 2.45) is 11.3 Å². The normalized spacial score (nSPS) is 25.3. The van der Waals surface area contributed by atoms with Crippen molar-refractivity contribution < 1.29 is 23.9 Å². The smallest absolute Gasteiger partial charge is 0.243 e. The Bertz CT molecular complexity index is 1310. The highest BCUT2D eigenvalue weighted by Gasteiger charge is 2.41. The quantitative estimate of drug-likeness (QED) is 0.445. The van der Waals surface area contributed by atoms with Gasteiger partial charge in [0.1, 0.15) is 11.8 Å². The largest absolute Gasteiger partial charge is 0.495 e. The molecule has 3 atom stereocenters. The molecular weight excluding hydrogens is 544 g/mol. The van der Waals surface area contributed by atoms with Gasteiger partial charge in [0.05, 0.1) is 24.8 Å². The van der Waals surface area contributed by atoms with E-state index in [0.29, 0.717) is 63.4 Å². The molecule has 0 unspecified atom stereocenters. The zero-order chi connectivity index (χ0) is 30.2. The van der Waals surface area contributed by atoms with Gasteiger partial charge in [-0.25, -0.2) is 0 Å². The molecule has 3 aliphatic heterocycles. The fourth-order valence-electron chi connectivity index (χ4n) is 6.51. The molecule has 9 nitrogen and oxygen atoms in total. The number of methoxy groups -OCH3 is 1. The third-order valence-electron chi connectivity index (χ3n) is 9.09. The van der Waals surface area contributed by atoms with Gasteiger partial charge in [-0.2, -0.15) is 0 Å². The van der Waals surface area contributed by atoms with E-state index in [9.17, 15) is 14.4 Å². The first-order chi connectivity index (χ1) is 20.8. The molecule has 3 N–H and O–H groups in total. The molecule has 3 heterocycles. The van der Waals surface area contributed by atoms with E-state index in [4.69, 9.17) is 9.47 Å². The number of ether oxygens (including phenoxy) is 2. The minimum Gasteiger partial charge on any atom is -0.495 e. The Kier molecular flexibility index (Phi) is 10.1. The summed E-state index contributed by atoms with van der Waals surface area (Å²) in [5.74, 6) is 0.441. The molecule has 3 aliphatic rings. The maximum Gasteiger partial charge on any atom is 0.243 e. The Morgan fingerprint density at radius 1 is 1.09 bits per heavy atom. The van der Waals surface area contributed by atoms with E-state index in [1.807, 2.05) is 55.5 Å². The number of likely N-dealkylation sites (tertiary alicyclic amines) is 1. The van der Waals surface area contributed by atoms with Crippen LogP contribution in [0.25, 0.3) is 0 Å². The number of carbonyl (C=O) groups is 3. The number of hydrogen-bond donors (Lipinski definition) is 3. The van der Waals surface area contributed by atoms with Crippen LogP contribution < -0.4 is 20.7 Å². The summed E-state index contributed by atoms with van der Waals surface area (Å²) in [6.07, 6.45) is 8.06. The summed E-state index contributed by atoms with van der Waals surface area (Å²) in [5, 5.41) is 9.46. The number of aryl methyl sites for hydroxylation is 1. The van der Waals surface area contributed by atoms with Crippen molar-refractivity contribution in [1.29, 1.82) is 0 Å². The van der Waals surface area contributed by atoms with Crippen molar-refractivity contribution in [2.45, 2.75) is 57.5 Å². The van der Waals surface area contributed by atoms with Gasteiger partial charge >= 0.3 is 0 Å². The van der Waals surface area contributed by atoms with Crippen LogP contribution in [-0.2, 0) is 25.5 Å². The molecule has 2 saturated heterocycles. The predicted molar refractivity (Wildman–Crippen MR) is 166 cm³/mol. The van der Waals surface area contributed by atoms with E-state index in [1.54, 1.807) is 7.11 Å². The van der Waals surface area contributed by atoms with Crippen LogP contribution in [0.5, 0.6) is 5.75 Å². The van der Waals surface area contributed by atoms with E-state index in [-0.39, 0.29) is 36.2 Å². The van der Waals surface area contributed by atoms with E-state index in [1.165, 1.54) is 0 Å². The van der Waals surface area contributed by atoms with Crippen molar-refractivity contribution >= 4 is 23.4 Å². The number of rotatable bonds is 6. The summed E-state index contributed by atoms with van der Waals surface area (Å²) in [4.78, 5) is 42.8. The number of nitrogens with one attached hydrogen (secondary N) is 3. The monoisotopic (exact) mass is 588 g/mol. The molecule has 2 fully saturated rings. The Labute approximate surface area is 254 Å². The highest BCUT2D eigenvalue weighted by molar-refractivity contribution is 5.94. The van der Waals surface area contributed by atoms with Crippen LogP contribution in [0.1, 0.15) is 43.2 Å².